The molecule has 0 aliphatic carbocycles. The number of hydrogen-bond donors (Lipinski definition) is 1. The van der Waals surface area contributed by atoms with Gasteiger partial charge in [0.05, 0.1) is 11.0 Å². The van der Waals surface area contributed by atoms with E-state index in [1.807, 2.05) is 0 Å². The van der Waals surface area contributed by atoms with Crippen molar-refractivity contribution in [1.82, 2.24) is 0 Å². The highest BCUT2D eigenvalue weighted by atomic mass is 32.2. The smallest absolute Gasteiger partial charge is 0.313 e. The van der Waals surface area contributed by atoms with Gasteiger partial charge in [-0.15, -0.1) is 0 Å². The first-order valence-electron chi connectivity index (χ1n) is 11.7. The second-order valence-corrected chi connectivity index (χ2v) is 6.18. The Labute approximate surface area is 160 Å². The minimum absolute atomic E-state index is 0.0999. The van der Waals surface area contributed by atoms with Gasteiger partial charge in [0.25, 0.3) is 0 Å². The summed E-state index contributed by atoms with van der Waals surface area (Å²) in [4.78, 5) is 13.0. The maximum Gasteiger partial charge on any atom is 0.313 e. The predicted molar refractivity (Wildman–Crippen MR) is 91.4 cm³/mol. The van der Waals surface area contributed by atoms with E-state index in [0.29, 0.717) is 0 Å². The maximum atomic E-state index is 13.0. The van der Waals surface area contributed by atoms with Crippen molar-refractivity contribution in [1.29, 1.82) is 0 Å². The van der Waals surface area contributed by atoms with E-state index >= 15 is 0 Å². The first-order valence-corrected chi connectivity index (χ1v) is 8.22. The van der Waals surface area contributed by atoms with Crippen LogP contribution >= 0.6 is 0 Å². The number of ketones is 1. The molecule has 1 atom stereocenters. The van der Waals surface area contributed by atoms with Crippen LogP contribution in [-0.4, -0.2) is 14.2 Å². The SMILES string of the molecule is [2H]c1c([2H])c([2H])c(C([2H])([2H])S(=O)(=O)OC2=C(N([2H])[2H])O[C@@]([2H])(c3ccc(C)cc3)C2=O)c([2H])c1[2H]. The highest BCUT2D eigenvalue weighted by molar-refractivity contribution is 7.86. The molecule has 0 saturated carbocycles. The first-order chi connectivity index (χ1) is 16.0. The van der Waals surface area contributed by atoms with Gasteiger partial charge in [0.15, 0.2) is 8.90 Å². The number of benzene rings is 2. The molecule has 6 nitrogen and oxygen atoms in total. The van der Waals surface area contributed by atoms with E-state index in [0.717, 1.165) is 5.56 Å². The molecule has 0 radical (unpaired) electrons. The zero-order valence-electron chi connectivity index (χ0n) is 22.7. The number of carbonyl (C=O) groups is 1. The maximum absolute atomic E-state index is 13.0. The van der Waals surface area contributed by atoms with Gasteiger partial charge in [-0.05, 0) is 12.5 Å². The second kappa shape index (κ2) is 6.60. The topological polar surface area (TPSA) is 95.7 Å². The summed E-state index contributed by atoms with van der Waals surface area (Å²) >= 11 is 0. The molecule has 0 aromatic heterocycles. The fraction of sp³-hybridized carbons (Fsp3) is 0.167. The van der Waals surface area contributed by atoms with Gasteiger partial charge in [0.1, 0.15) is 5.70 Å². The van der Waals surface area contributed by atoms with Gasteiger partial charge in [0.2, 0.25) is 17.4 Å². The highest BCUT2D eigenvalue weighted by Crippen LogP contribution is 2.32. The Morgan fingerprint density at radius 1 is 1.32 bits per heavy atom. The first kappa shape index (κ1) is 8.53. The van der Waals surface area contributed by atoms with Gasteiger partial charge >= 0.3 is 10.1 Å². The number of rotatable bonds is 6. The molecule has 2 aromatic rings. The van der Waals surface area contributed by atoms with Gasteiger partial charge < -0.3 is 14.6 Å². The van der Waals surface area contributed by atoms with Crippen molar-refractivity contribution >= 4 is 15.9 Å². The quantitative estimate of drug-likeness (QED) is 0.785. The van der Waals surface area contributed by atoms with Crippen LogP contribution in [-0.2, 0) is 29.5 Å². The third-order valence-corrected chi connectivity index (χ3v) is 3.88. The average molecular weight is 369 g/mol. The van der Waals surface area contributed by atoms with Crippen LogP contribution < -0.4 is 5.72 Å². The van der Waals surface area contributed by atoms with Crippen LogP contribution in [0.4, 0.5) is 0 Å². The molecule has 0 bridgehead atoms. The Hall–Kier alpha value is -2.80. The summed E-state index contributed by atoms with van der Waals surface area (Å²) in [5.74, 6) is -3.96. The van der Waals surface area contributed by atoms with Crippen molar-refractivity contribution in [2.45, 2.75) is 18.7 Å². The summed E-state index contributed by atoms with van der Waals surface area (Å²) in [7, 11) is -5.70. The number of Topliss-reactive ketones (excluding diaryl/α,β-unsaturated/α-hetero) is 1. The summed E-state index contributed by atoms with van der Waals surface area (Å²) in [6.07, 6.45) is -2.67. The fourth-order valence-corrected chi connectivity index (χ4v) is 2.67. The van der Waals surface area contributed by atoms with Gasteiger partial charge in [-0.3, -0.25) is 4.79 Å². The van der Waals surface area contributed by atoms with E-state index in [1.165, 1.54) is 24.3 Å². The van der Waals surface area contributed by atoms with E-state index in [1.54, 1.807) is 6.92 Å². The van der Waals surface area contributed by atoms with Crippen molar-refractivity contribution in [2.24, 2.45) is 5.72 Å². The Bertz CT molecular complexity index is 1330. The van der Waals surface area contributed by atoms with E-state index in [-0.39, 0.29) is 11.3 Å². The average Bonchev–Trinajstić information content (AvgIpc) is 3.02. The standard InChI is InChI=1S/C18H17NO5S/c1-12-7-9-14(10-8-12)16-15(20)17(18(19)23-16)24-25(21,22)11-13-5-3-2-4-6-13/h2-10,16H,11,19H2,1H3/t16-/m0/s1/i2D,3D,4D,5D,6D,11D2,16D/hD2. The van der Waals surface area contributed by atoms with Crippen LogP contribution in [0.15, 0.2) is 66.1 Å². The molecule has 1 heterocycles. The Kier molecular flexibility index (Phi) is 2.25. The minimum atomic E-state index is -5.70. The van der Waals surface area contributed by atoms with Crippen molar-refractivity contribution in [3.8, 4) is 0 Å². The molecule has 1 aliphatic rings. The summed E-state index contributed by atoms with van der Waals surface area (Å²) in [5.41, 5.74) is -4.76. The van der Waals surface area contributed by atoms with E-state index in [4.69, 9.17) is 18.5 Å². The molecule has 0 spiro atoms. The lowest BCUT2D eigenvalue weighted by atomic mass is 10.0. The molecular formula is C18H17NO5S. The summed E-state index contributed by atoms with van der Waals surface area (Å²) in [6, 6.07) is 0.461. The summed E-state index contributed by atoms with van der Waals surface area (Å²) in [6.45, 7) is 1.72. The lowest BCUT2D eigenvalue weighted by Crippen LogP contribution is -2.16. The van der Waals surface area contributed by atoms with Crippen LogP contribution in [0.5, 0.6) is 0 Å². The van der Waals surface area contributed by atoms with Crippen LogP contribution in [0.1, 0.15) is 33.7 Å². The Balaban J connectivity index is 2.12. The van der Waals surface area contributed by atoms with Crippen molar-refractivity contribution < 1.29 is 35.9 Å². The third-order valence-electron chi connectivity index (χ3n) is 3.04. The van der Waals surface area contributed by atoms with Crippen LogP contribution in [0.25, 0.3) is 0 Å². The molecule has 1 aliphatic heterocycles. The largest absolute Gasteiger partial charge is 0.460 e. The monoisotopic (exact) mass is 369 g/mol. The molecule has 25 heavy (non-hydrogen) atoms. The molecule has 0 saturated heterocycles. The second-order valence-electron chi connectivity index (χ2n) is 4.90. The minimum Gasteiger partial charge on any atom is -0.460 e. The van der Waals surface area contributed by atoms with E-state index in [9.17, 15) is 13.2 Å². The molecule has 0 amide bonds. The Morgan fingerprint density at radius 3 is 2.64 bits per heavy atom. The molecular weight excluding hydrogens is 342 g/mol. The molecule has 0 unspecified atom stereocenters. The predicted octanol–water partition coefficient (Wildman–Crippen LogP) is 2.31. The summed E-state index contributed by atoms with van der Waals surface area (Å²) < 4.78 is 114. The number of aryl methyl sites for hydroxylation is 1. The molecule has 7 heteroatoms. The van der Waals surface area contributed by atoms with Crippen molar-refractivity contribution in [2.75, 3.05) is 0 Å². The highest BCUT2D eigenvalue weighted by Gasteiger charge is 2.39. The van der Waals surface area contributed by atoms with Gasteiger partial charge in [0, 0.05) is 5.56 Å². The van der Waals surface area contributed by atoms with Gasteiger partial charge in [-0.25, -0.2) is 0 Å². The zero-order valence-corrected chi connectivity index (χ0v) is 13.5. The molecule has 0 fully saturated rings. The van der Waals surface area contributed by atoms with Crippen LogP contribution in [0.2, 0.25) is 2.82 Å². The fourth-order valence-electron chi connectivity index (χ4n) is 1.91. The number of carbonyl (C=O) groups excluding carboxylic acids is 1. The molecule has 2 aromatic carbocycles. The lowest BCUT2D eigenvalue weighted by molar-refractivity contribution is -0.123. The van der Waals surface area contributed by atoms with Gasteiger partial charge in [-0.2, -0.15) is 8.42 Å². The Morgan fingerprint density at radius 2 is 2.00 bits per heavy atom. The number of nitrogens with two attached hydrogens (primary N) is 1. The normalized spacial score (nSPS) is 26.5. The van der Waals surface area contributed by atoms with Crippen LogP contribution in [0, 0.1) is 6.92 Å². The van der Waals surface area contributed by atoms with Crippen LogP contribution in [0.3, 0.4) is 0 Å². The molecule has 2 N–H and O–H groups in total. The zero-order chi connectivity index (χ0) is 26.7. The van der Waals surface area contributed by atoms with E-state index < -0.39 is 75.1 Å². The summed E-state index contributed by atoms with van der Waals surface area (Å²) in [5, 5.41) is 0. The van der Waals surface area contributed by atoms with E-state index in [2.05, 4.69) is 4.18 Å². The molecule has 130 valence electrons. The van der Waals surface area contributed by atoms with Crippen molar-refractivity contribution in [3.63, 3.8) is 0 Å². The molecule has 3 rings (SSSR count). The number of hydrogen-bond acceptors (Lipinski definition) is 6. The lowest BCUT2D eigenvalue weighted by Gasteiger charge is -2.10. The third kappa shape index (κ3) is 3.83. The number of ether oxygens (including phenoxy) is 1. The van der Waals surface area contributed by atoms with Crippen molar-refractivity contribution in [3.05, 3.63) is 82.8 Å². The van der Waals surface area contributed by atoms with Gasteiger partial charge in [-0.1, -0.05) is 60.0 Å².